The van der Waals surface area contributed by atoms with Gasteiger partial charge in [-0.05, 0) is 38.3 Å². The Bertz CT molecular complexity index is 213. The Kier molecular flexibility index (Phi) is 3.33. The monoisotopic (exact) mass is 211 g/mol. The molecule has 0 radical (unpaired) electrons. The van der Waals surface area contributed by atoms with Crippen molar-refractivity contribution in [1.82, 2.24) is 9.80 Å². The first kappa shape index (κ1) is 11.4. The predicted molar refractivity (Wildman–Crippen MR) is 63.9 cm³/mol. The van der Waals surface area contributed by atoms with Crippen molar-refractivity contribution >= 4 is 0 Å². The molecule has 2 N–H and O–H groups in total. The van der Waals surface area contributed by atoms with Gasteiger partial charge in [0.2, 0.25) is 0 Å². The van der Waals surface area contributed by atoms with Crippen LogP contribution in [0.25, 0.3) is 0 Å². The zero-order valence-electron chi connectivity index (χ0n) is 10.2. The van der Waals surface area contributed by atoms with Crippen molar-refractivity contribution in [2.45, 2.75) is 32.7 Å². The van der Waals surface area contributed by atoms with E-state index in [-0.39, 0.29) is 0 Å². The molecule has 1 heterocycles. The van der Waals surface area contributed by atoms with Crippen LogP contribution in [0.1, 0.15) is 26.7 Å². The van der Waals surface area contributed by atoms with E-state index in [1.807, 2.05) is 0 Å². The Labute approximate surface area is 93.6 Å². The number of rotatable bonds is 4. The molecule has 0 aromatic heterocycles. The third-order valence-electron chi connectivity index (χ3n) is 4.20. The fraction of sp³-hybridized carbons (Fsp3) is 1.00. The Morgan fingerprint density at radius 3 is 2.53 bits per heavy atom. The summed E-state index contributed by atoms with van der Waals surface area (Å²) in [6, 6.07) is 0.720. The molecule has 1 atom stereocenters. The Balaban J connectivity index is 1.81. The molecule has 1 aliphatic carbocycles. The van der Waals surface area contributed by atoms with Gasteiger partial charge in [-0.2, -0.15) is 0 Å². The first-order chi connectivity index (χ1) is 7.19. The Morgan fingerprint density at radius 2 is 2.07 bits per heavy atom. The second-order valence-corrected chi connectivity index (χ2v) is 5.42. The van der Waals surface area contributed by atoms with Crippen LogP contribution >= 0.6 is 0 Å². The van der Waals surface area contributed by atoms with Crippen LogP contribution in [0.3, 0.4) is 0 Å². The van der Waals surface area contributed by atoms with Crippen molar-refractivity contribution in [3.05, 3.63) is 0 Å². The maximum absolute atomic E-state index is 5.84. The summed E-state index contributed by atoms with van der Waals surface area (Å²) in [6.07, 6.45) is 2.71. The van der Waals surface area contributed by atoms with Gasteiger partial charge >= 0.3 is 0 Å². The highest BCUT2D eigenvalue weighted by Gasteiger charge is 2.43. The largest absolute Gasteiger partial charge is 0.330 e. The highest BCUT2D eigenvalue weighted by Crippen LogP contribution is 2.45. The standard InChI is InChI=1S/C12H25N3/c1-3-15-7-6-14(8-11(15)2)10-12(9-13)4-5-12/h11H,3-10,13H2,1-2H3. The topological polar surface area (TPSA) is 32.5 Å². The lowest BCUT2D eigenvalue weighted by Crippen LogP contribution is -2.53. The summed E-state index contributed by atoms with van der Waals surface area (Å²) in [5.74, 6) is 0. The van der Waals surface area contributed by atoms with Crippen molar-refractivity contribution in [1.29, 1.82) is 0 Å². The van der Waals surface area contributed by atoms with Crippen LogP contribution in [-0.4, -0.2) is 55.1 Å². The van der Waals surface area contributed by atoms with Gasteiger partial charge in [0, 0.05) is 32.2 Å². The average molecular weight is 211 g/mol. The van der Waals surface area contributed by atoms with Gasteiger partial charge in [-0.15, -0.1) is 0 Å². The van der Waals surface area contributed by atoms with Gasteiger partial charge < -0.3 is 5.73 Å². The van der Waals surface area contributed by atoms with E-state index in [0.29, 0.717) is 5.41 Å². The van der Waals surface area contributed by atoms with Crippen molar-refractivity contribution in [2.75, 3.05) is 39.3 Å². The van der Waals surface area contributed by atoms with Gasteiger partial charge in [0.1, 0.15) is 0 Å². The summed E-state index contributed by atoms with van der Waals surface area (Å²) >= 11 is 0. The van der Waals surface area contributed by atoms with Gasteiger partial charge in [0.05, 0.1) is 0 Å². The number of nitrogens with two attached hydrogens (primary N) is 1. The summed E-state index contributed by atoms with van der Waals surface area (Å²) in [6.45, 7) is 11.6. The molecular formula is C12H25N3. The molecule has 2 aliphatic rings. The van der Waals surface area contributed by atoms with E-state index in [2.05, 4.69) is 23.6 Å². The van der Waals surface area contributed by atoms with E-state index in [0.717, 1.165) is 12.6 Å². The summed E-state index contributed by atoms with van der Waals surface area (Å²) in [4.78, 5) is 5.19. The van der Waals surface area contributed by atoms with E-state index in [1.54, 1.807) is 0 Å². The van der Waals surface area contributed by atoms with Crippen molar-refractivity contribution in [2.24, 2.45) is 11.1 Å². The van der Waals surface area contributed by atoms with Crippen LogP contribution < -0.4 is 5.73 Å². The van der Waals surface area contributed by atoms with Gasteiger partial charge in [-0.1, -0.05) is 6.92 Å². The van der Waals surface area contributed by atoms with Crippen LogP contribution in [0.5, 0.6) is 0 Å². The van der Waals surface area contributed by atoms with Crippen LogP contribution in [0.15, 0.2) is 0 Å². The third-order valence-corrected chi connectivity index (χ3v) is 4.20. The molecule has 3 nitrogen and oxygen atoms in total. The number of piperazine rings is 1. The molecule has 1 saturated carbocycles. The molecule has 1 saturated heterocycles. The minimum Gasteiger partial charge on any atom is -0.330 e. The first-order valence-corrected chi connectivity index (χ1v) is 6.35. The molecule has 3 heteroatoms. The fourth-order valence-corrected chi connectivity index (χ4v) is 2.76. The first-order valence-electron chi connectivity index (χ1n) is 6.35. The van der Waals surface area contributed by atoms with E-state index in [4.69, 9.17) is 5.73 Å². The third kappa shape index (κ3) is 2.52. The fourth-order valence-electron chi connectivity index (χ4n) is 2.76. The SMILES string of the molecule is CCN1CCN(CC2(CN)CC2)CC1C. The number of hydrogen-bond acceptors (Lipinski definition) is 3. The smallest absolute Gasteiger partial charge is 0.0195 e. The molecule has 2 fully saturated rings. The van der Waals surface area contributed by atoms with Crippen LogP contribution in [0.2, 0.25) is 0 Å². The summed E-state index contributed by atoms with van der Waals surface area (Å²) in [5, 5.41) is 0. The molecule has 1 unspecified atom stereocenters. The number of nitrogens with zero attached hydrogens (tertiary/aromatic N) is 2. The molecule has 88 valence electrons. The summed E-state index contributed by atoms with van der Waals surface area (Å²) in [5.41, 5.74) is 6.35. The average Bonchev–Trinajstić information content (AvgIpc) is 2.99. The molecule has 2 rings (SSSR count). The van der Waals surface area contributed by atoms with E-state index < -0.39 is 0 Å². The molecule has 0 aromatic carbocycles. The van der Waals surface area contributed by atoms with Gasteiger partial charge in [0.15, 0.2) is 0 Å². The van der Waals surface area contributed by atoms with Crippen molar-refractivity contribution in [3.63, 3.8) is 0 Å². The molecule has 15 heavy (non-hydrogen) atoms. The van der Waals surface area contributed by atoms with Crippen molar-refractivity contribution in [3.8, 4) is 0 Å². The quantitative estimate of drug-likeness (QED) is 0.745. The molecular weight excluding hydrogens is 186 g/mol. The lowest BCUT2D eigenvalue weighted by molar-refractivity contribution is 0.0747. The molecule has 0 bridgehead atoms. The molecule has 0 aromatic rings. The Hall–Kier alpha value is -0.120. The van der Waals surface area contributed by atoms with E-state index >= 15 is 0 Å². The maximum Gasteiger partial charge on any atom is 0.0195 e. The zero-order valence-corrected chi connectivity index (χ0v) is 10.2. The maximum atomic E-state index is 5.84. The lowest BCUT2D eigenvalue weighted by Gasteiger charge is -2.40. The highest BCUT2D eigenvalue weighted by molar-refractivity contribution is 4.97. The summed E-state index contributed by atoms with van der Waals surface area (Å²) in [7, 11) is 0. The zero-order chi connectivity index (χ0) is 10.9. The second-order valence-electron chi connectivity index (χ2n) is 5.42. The van der Waals surface area contributed by atoms with Gasteiger partial charge in [0.25, 0.3) is 0 Å². The predicted octanol–water partition coefficient (Wildman–Crippen LogP) is 0.751. The number of likely N-dealkylation sites (N-methyl/N-ethyl adjacent to an activating group) is 1. The van der Waals surface area contributed by atoms with Gasteiger partial charge in [-0.25, -0.2) is 0 Å². The minimum atomic E-state index is 0.508. The second kappa shape index (κ2) is 4.40. The molecule has 0 spiro atoms. The molecule has 1 aliphatic heterocycles. The lowest BCUT2D eigenvalue weighted by atomic mass is 10.1. The van der Waals surface area contributed by atoms with Crippen molar-refractivity contribution < 1.29 is 0 Å². The normalized spacial score (nSPS) is 31.8. The number of hydrogen-bond donors (Lipinski definition) is 1. The minimum absolute atomic E-state index is 0.508. The highest BCUT2D eigenvalue weighted by atomic mass is 15.3. The summed E-state index contributed by atoms with van der Waals surface area (Å²) < 4.78 is 0. The van der Waals surface area contributed by atoms with Crippen LogP contribution in [-0.2, 0) is 0 Å². The molecule has 0 amide bonds. The van der Waals surface area contributed by atoms with Crippen LogP contribution in [0.4, 0.5) is 0 Å². The van der Waals surface area contributed by atoms with E-state index in [9.17, 15) is 0 Å². The van der Waals surface area contributed by atoms with Crippen LogP contribution in [0, 0.1) is 5.41 Å². The Morgan fingerprint density at radius 1 is 1.33 bits per heavy atom. The van der Waals surface area contributed by atoms with E-state index in [1.165, 1.54) is 45.6 Å². The van der Waals surface area contributed by atoms with Gasteiger partial charge in [-0.3, -0.25) is 9.80 Å².